The lowest BCUT2D eigenvalue weighted by atomic mass is 10.1. The molecule has 3 aromatic carbocycles. The minimum absolute atomic E-state index is 0.0773. The molecule has 3 aromatic rings. The second kappa shape index (κ2) is 12.4. The Bertz CT molecular complexity index is 1310. The number of carbonyl (C=O) groups is 2. The highest BCUT2D eigenvalue weighted by atomic mass is 79.9. The molecule has 196 valence electrons. The van der Waals surface area contributed by atoms with Crippen molar-refractivity contribution >= 4 is 43.5 Å². The number of sulfonamides is 1. The molecule has 2 amide bonds. The summed E-state index contributed by atoms with van der Waals surface area (Å²) in [6.07, 6.45) is 0. The summed E-state index contributed by atoms with van der Waals surface area (Å²) < 4.78 is 29.4. The van der Waals surface area contributed by atoms with Crippen LogP contribution in [0.2, 0.25) is 0 Å². The van der Waals surface area contributed by atoms with Crippen molar-refractivity contribution in [3.8, 4) is 0 Å². The Morgan fingerprint density at radius 3 is 2.05 bits per heavy atom. The van der Waals surface area contributed by atoms with Crippen LogP contribution in [-0.4, -0.2) is 43.8 Å². The molecule has 37 heavy (non-hydrogen) atoms. The first-order valence-corrected chi connectivity index (χ1v) is 14.2. The summed E-state index contributed by atoms with van der Waals surface area (Å²) >= 11 is 3.41. The SMILES string of the molecule is Cc1ccc(N(CC(=O)N(Cc2ccc(Br)cc2)C(C)C(=O)NC(C)C)S(=O)(=O)c2ccccc2)cc1. The van der Waals surface area contributed by atoms with Gasteiger partial charge in [0.05, 0.1) is 10.6 Å². The summed E-state index contributed by atoms with van der Waals surface area (Å²) in [5, 5.41) is 2.85. The zero-order chi connectivity index (χ0) is 27.2. The Labute approximate surface area is 227 Å². The number of aryl methyl sites for hydroxylation is 1. The maximum Gasteiger partial charge on any atom is 0.264 e. The van der Waals surface area contributed by atoms with E-state index in [0.717, 1.165) is 19.9 Å². The van der Waals surface area contributed by atoms with Crippen LogP contribution in [0.3, 0.4) is 0 Å². The second-order valence-corrected chi connectivity index (χ2v) is 11.9. The lowest BCUT2D eigenvalue weighted by molar-refractivity contribution is -0.139. The minimum Gasteiger partial charge on any atom is -0.352 e. The number of amides is 2. The van der Waals surface area contributed by atoms with E-state index in [1.807, 2.05) is 45.0 Å². The van der Waals surface area contributed by atoms with Gasteiger partial charge in [-0.3, -0.25) is 13.9 Å². The van der Waals surface area contributed by atoms with Crippen molar-refractivity contribution in [2.75, 3.05) is 10.8 Å². The number of nitrogens with one attached hydrogen (secondary N) is 1. The zero-order valence-electron chi connectivity index (χ0n) is 21.4. The van der Waals surface area contributed by atoms with E-state index in [0.29, 0.717) is 5.69 Å². The van der Waals surface area contributed by atoms with E-state index in [9.17, 15) is 18.0 Å². The van der Waals surface area contributed by atoms with Crippen LogP contribution in [0, 0.1) is 6.92 Å². The number of hydrogen-bond donors (Lipinski definition) is 1. The van der Waals surface area contributed by atoms with Crippen LogP contribution < -0.4 is 9.62 Å². The molecule has 0 aromatic heterocycles. The number of benzene rings is 3. The first-order valence-electron chi connectivity index (χ1n) is 12.0. The molecular weight excluding hydrogens is 554 g/mol. The molecule has 0 bridgehead atoms. The van der Waals surface area contributed by atoms with Crippen molar-refractivity contribution in [2.45, 2.75) is 51.2 Å². The smallest absolute Gasteiger partial charge is 0.264 e. The largest absolute Gasteiger partial charge is 0.352 e. The average Bonchev–Trinajstić information content (AvgIpc) is 2.87. The number of carbonyl (C=O) groups excluding carboxylic acids is 2. The van der Waals surface area contributed by atoms with Gasteiger partial charge in [0.1, 0.15) is 12.6 Å². The Kier molecular flexibility index (Phi) is 9.50. The van der Waals surface area contributed by atoms with Gasteiger partial charge in [0.15, 0.2) is 0 Å². The second-order valence-electron chi connectivity index (χ2n) is 9.15. The molecule has 0 aliphatic heterocycles. The molecule has 1 N–H and O–H groups in total. The van der Waals surface area contributed by atoms with E-state index in [1.54, 1.807) is 49.4 Å². The van der Waals surface area contributed by atoms with Gasteiger partial charge in [0.25, 0.3) is 10.0 Å². The van der Waals surface area contributed by atoms with Gasteiger partial charge in [0, 0.05) is 17.1 Å². The molecule has 1 atom stereocenters. The van der Waals surface area contributed by atoms with Crippen molar-refractivity contribution in [3.05, 3.63) is 94.5 Å². The Balaban J connectivity index is 2.00. The molecule has 3 rings (SSSR count). The Morgan fingerprint density at radius 2 is 1.49 bits per heavy atom. The van der Waals surface area contributed by atoms with Gasteiger partial charge in [-0.25, -0.2) is 8.42 Å². The average molecular weight is 587 g/mol. The molecule has 1 unspecified atom stereocenters. The lowest BCUT2D eigenvalue weighted by Gasteiger charge is -2.32. The van der Waals surface area contributed by atoms with Gasteiger partial charge in [-0.2, -0.15) is 0 Å². The summed E-state index contributed by atoms with van der Waals surface area (Å²) in [5.74, 6) is -0.803. The van der Waals surface area contributed by atoms with Crippen molar-refractivity contribution in [1.82, 2.24) is 10.2 Å². The highest BCUT2D eigenvalue weighted by molar-refractivity contribution is 9.10. The summed E-state index contributed by atoms with van der Waals surface area (Å²) in [4.78, 5) is 28.2. The van der Waals surface area contributed by atoms with Gasteiger partial charge in [-0.1, -0.05) is 64.0 Å². The third-order valence-corrected chi connectivity index (χ3v) is 8.11. The molecule has 0 aliphatic rings. The van der Waals surface area contributed by atoms with Crippen LogP contribution in [0.15, 0.2) is 88.2 Å². The van der Waals surface area contributed by atoms with Gasteiger partial charge >= 0.3 is 0 Å². The van der Waals surface area contributed by atoms with E-state index >= 15 is 0 Å². The first-order chi connectivity index (χ1) is 17.5. The van der Waals surface area contributed by atoms with Crippen LogP contribution in [0.25, 0.3) is 0 Å². The van der Waals surface area contributed by atoms with E-state index < -0.39 is 28.5 Å². The topological polar surface area (TPSA) is 86.8 Å². The number of anilines is 1. The monoisotopic (exact) mass is 585 g/mol. The van der Waals surface area contributed by atoms with Crippen LogP contribution in [0.1, 0.15) is 31.9 Å². The highest BCUT2D eigenvalue weighted by Crippen LogP contribution is 2.25. The molecule has 7 nitrogen and oxygen atoms in total. The molecular formula is C28H32BrN3O4S. The zero-order valence-corrected chi connectivity index (χ0v) is 23.8. The van der Waals surface area contributed by atoms with Crippen molar-refractivity contribution in [3.63, 3.8) is 0 Å². The van der Waals surface area contributed by atoms with Crippen molar-refractivity contribution in [2.24, 2.45) is 0 Å². The minimum atomic E-state index is -4.06. The third kappa shape index (κ3) is 7.42. The number of nitrogens with zero attached hydrogens (tertiary/aromatic N) is 2. The molecule has 0 saturated carbocycles. The third-order valence-electron chi connectivity index (χ3n) is 5.80. The van der Waals surface area contributed by atoms with Crippen LogP contribution in [0.5, 0.6) is 0 Å². The molecule has 0 heterocycles. The van der Waals surface area contributed by atoms with Crippen molar-refractivity contribution < 1.29 is 18.0 Å². The number of hydrogen-bond acceptors (Lipinski definition) is 4. The normalized spacial score (nSPS) is 12.2. The van der Waals surface area contributed by atoms with Crippen LogP contribution in [-0.2, 0) is 26.2 Å². The van der Waals surface area contributed by atoms with E-state index in [2.05, 4.69) is 21.2 Å². The summed E-state index contributed by atoms with van der Waals surface area (Å²) in [7, 11) is -4.06. The summed E-state index contributed by atoms with van der Waals surface area (Å²) in [5.41, 5.74) is 2.14. The molecule has 0 aliphatic carbocycles. The summed E-state index contributed by atoms with van der Waals surface area (Å²) in [6.45, 7) is 6.92. The molecule has 0 radical (unpaired) electrons. The van der Waals surface area contributed by atoms with E-state index in [4.69, 9.17) is 0 Å². The summed E-state index contributed by atoms with van der Waals surface area (Å²) in [6, 6.07) is 21.5. The molecule has 0 saturated heterocycles. The molecule has 0 spiro atoms. The van der Waals surface area contributed by atoms with E-state index in [1.165, 1.54) is 17.0 Å². The Morgan fingerprint density at radius 1 is 0.892 bits per heavy atom. The first kappa shape index (κ1) is 28.4. The Hall–Kier alpha value is -3.17. The molecule has 0 fully saturated rings. The van der Waals surface area contributed by atoms with E-state index in [-0.39, 0.29) is 23.4 Å². The molecule has 9 heteroatoms. The van der Waals surface area contributed by atoms with Gasteiger partial charge in [-0.15, -0.1) is 0 Å². The number of halogens is 1. The fourth-order valence-electron chi connectivity index (χ4n) is 3.73. The fourth-order valence-corrected chi connectivity index (χ4v) is 5.43. The maximum absolute atomic E-state index is 13.8. The predicted molar refractivity (Wildman–Crippen MR) is 150 cm³/mol. The van der Waals surface area contributed by atoms with Crippen LogP contribution >= 0.6 is 15.9 Å². The van der Waals surface area contributed by atoms with Gasteiger partial charge in [-0.05, 0) is 69.7 Å². The predicted octanol–water partition coefficient (Wildman–Crippen LogP) is 4.89. The standard InChI is InChI=1S/C28H32BrN3O4S/c1-20(2)30-28(34)22(4)31(18-23-12-14-24(29)15-13-23)27(33)19-32(25-16-10-21(3)11-17-25)37(35,36)26-8-6-5-7-9-26/h5-17,20,22H,18-19H2,1-4H3,(H,30,34). The van der Waals surface area contributed by atoms with Crippen LogP contribution in [0.4, 0.5) is 5.69 Å². The fraction of sp³-hybridized carbons (Fsp3) is 0.286. The van der Waals surface area contributed by atoms with Gasteiger partial charge in [0.2, 0.25) is 11.8 Å². The lowest BCUT2D eigenvalue weighted by Crippen LogP contribution is -2.52. The quantitative estimate of drug-likeness (QED) is 0.367. The maximum atomic E-state index is 13.8. The number of rotatable bonds is 10. The van der Waals surface area contributed by atoms with Crippen molar-refractivity contribution in [1.29, 1.82) is 0 Å². The van der Waals surface area contributed by atoms with Gasteiger partial charge < -0.3 is 10.2 Å². The highest BCUT2D eigenvalue weighted by Gasteiger charge is 2.32.